The number of para-hydroxylation sites is 2. The fourth-order valence-corrected chi connectivity index (χ4v) is 3.95. The first-order valence-corrected chi connectivity index (χ1v) is 10.8. The molecule has 2 N–H and O–H groups in total. The number of anilines is 1. The lowest BCUT2D eigenvalue weighted by atomic mass is 10.1. The van der Waals surface area contributed by atoms with E-state index >= 15 is 0 Å². The first-order chi connectivity index (χ1) is 12.8. The third-order valence-electron chi connectivity index (χ3n) is 4.97. The molecule has 1 heterocycles. The van der Waals surface area contributed by atoms with Crippen LogP contribution >= 0.6 is 15.9 Å². The lowest BCUT2D eigenvalue weighted by Gasteiger charge is -2.03. The molecule has 0 radical (unpaired) electrons. The van der Waals surface area contributed by atoms with Crippen LogP contribution < -0.4 is 27.3 Å². The number of aryl methyl sites for hydroxylation is 1. The molecule has 0 saturated heterocycles. The summed E-state index contributed by atoms with van der Waals surface area (Å²) in [5, 5.41) is 1.13. The predicted molar refractivity (Wildman–Crippen MR) is 114 cm³/mol. The number of alkyl halides is 1. The summed E-state index contributed by atoms with van der Waals surface area (Å²) in [6.07, 6.45) is 7.72. The van der Waals surface area contributed by atoms with E-state index in [-0.39, 0.29) is 17.0 Å². The second-order valence-electron chi connectivity index (χ2n) is 6.88. The molecule has 0 aliphatic heterocycles. The maximum atomic E-state index is 6.57. The molecular weight excluding hydrogens is 466 g/mol. The molecule has 0 spiro atoms. The number of rotatable bonds is 10. The van der Waals surface area contributed by atoms with Crippen molar-refractivity contribution in [1.82, 2.24) is 4.57 Å². The smallest absolute Gasteiger partial charge is 0.356 e. The molecule has 0 fully saturated rings. The minimum Gasteiger partial charge on any atom is -1.00 e. The van der Waals surface area contributed by atoms with Crippen LogP contribution in [0.1, 0.15) is 44.1 Å². The fraction of sp³-hybridized carbons (Fsp3) is 0.409. The molecule has 0 amide bonds. The van der Waals surface area contributed by atoms with Crippen molar-refractivity contribution in [1.29, 1.82) is 0 Å². The molecule has 0 bridgehead atoms. The van der Waals surface area contributed by atoms with Gasteiger partial charge in [-0.15, -0.1) is 0 Å². The van der Waals surface area contributed by atoms with Gasteiger partial charge < -0.3 is 17.0 Å². The van der Waals surface area contributed by atoms with E-state index in [0.717, 1.165) is 24.4 Å². The van der Waals surface area contributed by atoms with Crippen molar-refractivity contribution in [2.75, 3.05) is 11.1 Å². The summed E-state index contributed by atoms with van der Waals surface area (Å²) < 4.78 is 4.53. The van der Waals surface area contributed by atoms with Crippen LogP contribution in [0, 0.1) is 0 Å². The Morgan fingerprint density at radius 3 is 2.19 bits per heavy atom. The minimum absolute atomic E-state index is 0. The molecule has 3 rings (SSSR count). The van der Waals surface area contributed by atoms with E-state index in [1.807, 2.05) is 0 Å². The highest BCUT2D eigenvalue weighted by Crippen LogP contribution is 2.18. The zero-order chi connectivity index (χ0) is 18.2. The van der Waals surface area contributed by atoms with Gasteiger partial charge in [0.15, 0.2) is 0 Å². The first-order valence-electron chi connectivity index (χ1n) is 9.67. The number of aromatic nitrogens is 2. The largest absolute Gasteiger partial charge is 1.00 e. The van der Waals surface area contributed by atoms with Crippen molar-refractivity contribution in [3.63, 3.8) is 0 Å². The van der Waals surface area contributed by atoms with Crippen LogP contribution in [0.4, 0.5) is 5.95 Å². The van der Waals surface area contributed by atoms with Crippen molar-refractivity contribution in [2.45, 2.75) is 51.6 Å². The summed E-state index contributed by atoms with van der Waals surface area (Å²) in [6, 6.07) is 19.1. The highest BCUT2D eigenvalue weighted by Gasteiger charge is 2.20. The van der Waals surface area contributed by atoms with Crippen molar-refractivity contribution >= 4 is 32.9 Å². The topological polar surface area (TPSA) is 34.8 Å². The average molecular weight is 495 g/mol. The van der Waals surface area contributed by atoms with Gasteiger partial charge in [0.05, 0.1) is 13.1 Å². The van der Waals surface area contributed by atoms with E-state index in [1.165, 1.54) is 55.1 Å². The van der Waals surface area contributed by atoms with Crippen molar-refractivity contribution < 1.29 is 21.5 Å². The molecule has 3 aromatic rings. The van der Waals surface area contributed by atoms with Crippen molar-refractivity contribution in [3.8, 4) is 0 Å². The van der Waals surface area contributed by atoms with Gasteiger partial charge in [-0.25, -0.2) is 9.13 Å². The second-order valence-corrected chi connectivity index (χ2v) is 7.67. The Bertz CT molecular complexity index is 815. The Labute approximate surface area is 181 Å². The number of benzene rings is 2. The number of nitrogen functional groups attached to an aromatic ring is 1. The van der Waals surface area contributed by atoms with Gasteiger partial charge in [-0.3, -0.25) is 5.73 Å². The van der Waals surface area contributed by atoms with Crippen molar-refractivity contribution in [3.05, 3.63) is 60.2 Å². The minimum atomic E-state index is 0. The summed E-state index contributed by atoms with van der Waals surface area (Å²) in [4.78, 5) is 0. The number of halogens is 2. The lowest BCUT2D eigenvalue weighted by molar-refractivity contribution is -0.648. The standard InChI is InChI=1S/C22H28BrN3.BrH/c23-16-10-3-1-2-4-11-17-25-20-14-8-9-15-21(20)26(22(25)24)18-19-12-6-5-7-13-19;/h5-9,12-15,24H,1-4,10-11,16-18H2;1H. The summed E-state index contributed by atoms with van der Waals surface area (Å²) in [5.74, 6) is 0.856. The SMILES string of the molecule is Nc1n(CCCCCCCCBr)c2ccccc2[n+]1Cc1ccccc1.[Br-]. The van der Waals surface area contributed by atoms with Gasteiger partial charge in [-0.2, -0.15) is 0 Å². The van der Waals surface area contributed by atoms with E-state index in [1.54, 1.807) is 0 Å². The molecular formula is C22H29Br2N3. The normalized spacial score (nSPS) is 10.9. The second kappa shape index (κ2) is 11.5. The van der Waals surface area contributed by atoms with E-state index in [2.05, 4.69) is 79.7 Å². The maximum absolute atomic E-state index is 6.57. The number of nitrogens with two attached hydrogens (primary N) is 1. The van der Waals surface area contributed by atoms with Gasteiger partial charge in [0, 0.05) is 5.33 Å². The van der Waals surface area contributed by atoms with Gasteiger partial charge >= 0.3 is 5.95 Å². The molecule has 146 valence electrons. The van der Waals surface area contributed by atoms with Crippen LogP contribution in [0.2, 0.25) is 0 Å². The molecule has 0 atom stereocenters. The number of nitrogens with zero attached hydrogens (tertiary/aromatic N) is 2. The third kappa shape index (κ3) is 5.82. The molecule has 3 nitrogen and oxygen atoms in total. The van der Waals surface area contributed by atoms with Gasteiger partial charge in [0.2, 0.25) is 0 Å². The average Bonchev–Trinajstić information content (AvgIpc) is 2.94. The Hall–Kier alpha value is -1.33. The Morgan fingerprint density at radius 1 is 0.815 bits per heavy atom. The fourth-order valence-electron chi connectivity index (χ4n) is 3.55. The molecule has 0 aliphatic carbocycles. The van der Waals surface area contributed by atoms with Gasteiger partial charge in [-0.05, 0) is 30.5 Å². The van der Waals surface area contributed by atoms with Gasteiger partial charge in [-0.1, -0.05) is 84.1 Å². The molecule has 27 heavy (non-hydrogen) atoms. The highest BCUT2D eigenvalue weighted by atomic mass is 79.9. The monoisotopic (exact) mass is 493 g/mol. The van der Waals surface area contributed by atoms with Crippen LogP contribution in [0.25, 0.3) is 11.0 Å². The van der Waals surface area contributed by atoms with Crippen LogP contribution in [-0.2, 0) is 13.1 Å². The Morgan fingerprint density at radius 2 is 1.44 bits per heavy atom. The van der Waals surface area contributed by atoms with E-state index < -0.39 is 0 Å². The Kier molecular flexibility index (Phi) is 9.35. The molecule has 1 aromatic heterocycles. The molecule has 2 aromatic carbocycles. The number of hydrogen-bond donors (Lipinski definition) is 1. The zero-order valence-electron chi connectivity index (χ0n) is 15.8. The quantitative estimate of drug-likeness (QED) is 0.262. The van der Waals surface area contributed by atoms with Gasteiger partial charge in [0.1, 0.15) is 11.0 Å². The highest BCUT2D eigenvalue weighted by molar-refractivity contribution is 9.09. The van der Waals surface area contributed by atoms with Gasteiger partial charge in [0.25, 0.3) is 0 Å². The molecule has 0 aliphatic rings. The zero-order valence-corrected chi connectivity index (χ0v) is 19.0. The van der Waals surface area contributed by atoms with Crippen LogP contribution in [0.3, 0.4) is 0 Å². The summed E-state index contributed by atoms with van der Waals surface area (Å²) in [5.41, 5.74) is 10.3. The van der Waals surface area contributed by atoms with E-state index in [0.29, 0.717) is 0 Å². The third-order valence-corrected chi connectivity index (χ3v) is 5.53. The Balaban J connectivity index is 0.00000261. The molecule has 0 unspecified atom stereocenters. The lowest BCUT2D eigenvalue weighted by Crippen LogP contribution is -3.00. The number of hydrogen-bond acceptors (Lipinski definition) is 1. The first kappa shape index (κ1) is 22.0. The maximum Gasteiger partial charge on any atom is 0.356 e. The van der Waals surface area contributed by atoms with Crippen LogP contribution in [-0.4, -0.2) is 9.90 Å². The molecule has 5 heteroatoms. The summed E-state index contributed by atoms with van der Waals surface area (Å²) in [6.45, 7) is 1.80. The predicted octanol–water partition coefficient (Wildman–Crippen LogP) is 2.30. The molecule has 0 saturated carbocycles. The van der Waals surface area contributed by atoms with E-state index in [9.17, 15) is 0 Å². The van der Waals surface area contributed by atoms with Crippen LogP contribution in [0.15, 0.2) is 54.6 Å². The van der Waals surface area contributed by atoms with Crippen LogP contribution in [0.5, 0.6) is 0 Å². The summed E-state index contributed by atoms with van der Waals surface area (Å²) >= 11 is 3.50. The van der Waals surface area contributed by atoms with Crippen molar-refractivity contribution in [2.24, 2.45) is 0 Å². The number of imidazole rings is 1. The van der Waals surface area contributed by atoms with E-state index in [4.69, 9.17) is 5.73 Å². The summed E-state index contributed by atoms with van der Waals surface area (Å²) in [7, 11) is 0. The number of unbranched alkanes of at least 4 members (excludes halogenated alkanes) is 5. The number of fused-ring (bicyclic) bond motifs is 1.